The summed E-state index contributed by atoms with van der Waals surface area (Å²) in [6.45, 7) is 4.45. The molecular formula is C10H16N4O2. The fourth-order valence-corrected chi connectivity index (χ4v) is 1.76. The molecule has 0 saturated heterocycles. The molecule has 0 spiro atoms. The lowest BCUT2D eigenvalue weighted by Crippen LogP contribution is -2.14. The molecule has 0 aliphatic heterocycles. The summed E-state index contributed by atoms with van der Waals surface area (Å²) in [7, 11) is 0. The van der Waals surface area contributed by atoms with Gasteiger partial charge in [-0.15, -0.1) is 5.10 Å². The van der Waals surface area contributed by atoms with Crippen molar-refractivity contribution in [1.29, 1.82) is 0 Å². The molecule has 0 bridgehead atoms. The minimum absolute atomic E-state index is 0.353. The molecule has 6 heteroatoms. The predicted molar refractivity (Wildman–Crippen MR) is 55.8 cm³/mol. The van der Waals surface area contributed by atoms with E-state index >= 15 is 0 Å². The third-order valence-electron chi connectivity index (χ3n) is 3.20. The van der Waals surface area contributed by atoms with Gasteiger partial charge in [-0.3, -0.25) is 4.79 Å². The maximum atomic E-state index is 10.7. The number of tetrazole rings is 1. The lowest BCUT2D eigenvalue weighted by atomic mass is 10.1. The molecule has 1 aromatic rings. The zero-order valence-corrected chi connectivity index (χ0v) is 9.50. The second kappa shape index (κ2) is 4.19. The van der Waals surface area contributed by atoms with Crippen LogP contribution < -0.4 is 0 Å². The van der Waals surface area contributed by atoms with Crippen LogP contribution in [0.15, 0.2) is 0 Å². The molecule has 16 heavy (non-hydrogen) atoms. The molecule has 3 atom stereocenters. The summed E-state index contributed by atoms with van der Waals surface area (Å²) in [5, 5.41) is 20.4. The highest BCUT2D eigenvalue weighted by atomic mass is 16.4. The van der Waals surface area contributed by atoms with Crippen LogP contribution in [0.1, 0.15) is 38.4 Å². The third kappa shape index (κ3) is 2.20. The summed E-state index contributed by atoms with van der Waals surface area (Å²) < 4.78 is 1.74. The van der Waals surface area contributed by atoms with Crippen LogP contribution in [0.5, 0.6) is 0 Å². The Hall–Kier alpha value is -1.46. The van der Waals surface area contributed by atoms with Crippen LogP contribution in [0.2, 0.25) is 0 Å². The van der Waals surface area contributed by atoms with Crippen molar-refractivity contribution in [2.45, 2.75) is 39.2 Å². The Morgan fingerprint density at radius 3 is 2.94 bits per heavy atom. The van der Waals surface area contributed by atoms with Gasteiger partial charge in [-0.05, 0) is 29.2 Å². The monoisotopic (exact) mass is 224 g/mol. The summed E-state index contributed by atoms with van der Waals surface area (Å²) in [5.41, 5.74) is 0. The van der Waals surface area contributed by atoms with E-state index in [2.05, 4.69) is 22.4 Å². The zero-order valence-electron chi connectivity index (χ0n) is 9.50. The van der Waals surface area contributed by atoms with Gasteiger partial charge in [0, 0.05) is 12.5 Å². The number of carboxylic acids is 1. The Morgan fingerprint density at radius 1 is 1.69 bits per heavy atom. The first-order valence-corrected chi connectivity index (χ1v) is 5.58. The third-order valence-corrected chi connectivity index (χ3v) is 3.20. The molecule has 0 amide bonds. The molecule has 0 aromatic carbocycles. The van der Waals surface area contributed by atoms with Gasteiger partial charge in [-0.2, -0.15) is 0 Å². The topological polar surface area (TPSA) is 80.9 Å². The highest BCUT2D eigenvalue weighted by molar-refractivity contribution is 5.69. The van der Waals surface area contributed by atoms with Crippen LogP contribution >= 0.6 is 0 Å². The minimum atomic E-state index is -0.769. The lowest BCUT2D eigenvalue weighted by Gasteiger charge is -2.06. The maximum absolute atomic E-state index is 10.7. The fraction of sp³-hybridized carbons (Fsp3) is 0.800. The molecule has 1 aromatic heterocycles. The van der Waals surface area contributed by atoms with Gasteiger partial charge in [0.15, 0.2) is 5.82 Å². The molecule has 1 N–H and O–H groups in total. The standard InChI is InChI=1S/C10H16N4O2/c1-6(10(15)16)3-4-14-9(11-12-13-14)8-5-7(8)2/h6-8H,3-5H2,1-2H3,(H,15,16). The summed E-state index contributed by atoms with van der Waals surface area (Å²) in [4.78, 5) is 10.7. The molecule has 0 radical (unpaired) electrons. The second-order valence-corrected chi connectivity index (χ2v) is 4.61. The maximum Gasteiger partial charge on any atom is 0.306 e. The van der Waals surface area contributed by atoms with Gasteiger partial charge < -0.3 is 5.11 Å². The van der Waals surface area contributed by atoms with E-state index in [0.29, 0.717) is 24.8 Å². The smallest absolute Gasteiger partial charge is 0.306 e. The van der Waals surface area contributed by atoms with Crippen molar-refractivity contribution in [1.82, 2.24) is 20.2 Å². The fourth-order valence-electron chi connectivity index (χ4n) is 1.76. The Balaban J connectivity index is 1.94. The molecule has 1 fully saturated rings. The minimum Gasteiger partial charge on any atom is -0.481 e. The number of aryl methyl sites for hydroxylation is 1. The van der Waals surface area contributed by atoms with Gasteiger partial charge in [0.25, 0.3) is 0 Å². The van der Waals surface area contributed by atoms with E-state index in [1.807, 2.05) is 0 Å². The number of carbonyl (C=O) groups is 1. The van der Waals surface area contributed by atoms with Gasteiger partial charge in [0.05, 0.1) is 5.92 Å². The highest BCUT2D eigenvalue weighted by Gasteiger charge is 2.38. The van der Waals surface area contributed by atoms with E-state index in [9.17, 15) is 4.79 Å². The summed E-state index contributed by atoms with van der Waals surface area (Å²) in [6.07, 6.45) is 1.70. The van der Waals surface area contributed by atoms with Gasteiger partial charge in [-0.1, -0.05) is 13.8 Å². The summed E-state index contributed by atoms with van der Waals surface area (Å²) >= 11 is 0. The van der Waals surface area contributed by atoms with Crippen LogP contribution in [0.25, 0.3) is 0 Å². The van der Waals surface area contributed by atoms with Gasteiger partial charge in [-0.25, -0.2) is 4.68 Å². The van der Waals surface area contributed by atoms with Crippen molar-refractivity contribution >= 4 is 5.97 Å². The predicted octanol–water partition coefficient (Wildman–Crippen LogP) is 0.907. The molecule has 1 aliphatic rings. The number of nitrogens with zero attached hydrogens (tertiary/aromatic N) is 4. The van der Waals surface area contributed by atoms with Crippen molar-refractivity contribution in [2.24, 2.45) is 11.8 Å². The normalized spacial score (nSPS) is 25.4. The van der Waals surface area contributed by atoms with E-state index in [0.717, 1.165) is 12.2 Å². The Kier molecular flexibility index (Phi) is 2.89. The van der Waals surface area contributed by atoms with Crippen LogP contribution in [-0.2, 0) is 11.3 Å². The first kappa shape index (κ1) is 11.0. The first-order chi connectivity index (χ1) is 7.59. The molecule has 6 nitrogen and oxygen atoms in total. The summed E-state index contributed by atoms with van der Waals surface area (Å²) in [6, 6.07) is 0. The largest absolute Gasteiger partial charge is 0.481 e. The summed E-state index contributed by atoms with van der Waals surface area (Å²) in [5.74, 6) is 0.907. The molecule has 1 saturated carbocycles. The number of carboxylic acid groups (broad SMARTS) is 1. The van der Waals surface area contributed by atoms with Crippen LogP contribution in [0.4, 0.5) is 0 Å². The van der Waals surface area contributed by atoms with E-state index < -0.39 is 5.97 Å². The molecule has 1 heterocycles. The average Bonchev–Trinajstić information content (AvgIpc) is 2.79. The van der Waals surface area contributed by atoms with E-state index in [-0.39, 0.29) is 5.92 Å². The van der Waals surface area contributed by atoms with Crippen molar-refractivity contribution in [3.63, 3.8) is 0 Å². The SMILES string of the molecule is CC(CCn1nnnc1C1CC1C)C(=O)O. The molecule has 3 unspecified atom stereocenters. The van der Waals surface area contributed by atoms with E-state index in [1.165, 1.54) is 0 Å². The second-order valence-electron chi connectivity index (χ2n) is 4.61. The number of hydrogen-bond acceptors (Lipinski definition) is 4. The lowest BCUT2D eigenvalue weighted by molar-refractivity contribution is -0.141. The molecule has 88 valence electrons. The Bertz CT molecular complexity index is 390. The van der Waals surface area contributed by atoms with Crippen molar-refractivity contribution in [3.05, 3.63) is 5.82 Å². The number of aromatic nitrogens is 4. The Labute approximate surface area is 93.6 Å². The van der Waals surface area contributed by atoms with Gasteiger partial charge in [0.1, 0.15) is 0 Å². The van der Waals surface area contributed by atoms with Crippen LogP contribution in [0, 0.1) is 11.8 Å². The Morgan fingerprint density at radius 2 is 2.38 bits per heavy atom. The first-order valence-electron chi connectivity index (χ1n) is 5.58. The highest BCUT2D eigenvalue weighted by Crippen LogP contribution is 2.45. The average molecular weight is 224 g/mol. The van der Waals surface area contributed by atoms with E-state index in [1.54, 1.807) is 11.6 Å². The molecular weight excluding hydrogens is 208 g/mol. The van der Waals surface area contributed by atoms with Crippen LogP contribution in [0.3, 0.4) is 0 Å². The van der Waals surface area contributed by atoms with Crippen molar-refractivity contribution < 1.29 is 9.90 Å². The quantitative estimate of drug-likeness (QED) is 0.803. The molecule has 1 aliphatic carbocycles. The zero-order chi connectivity index (χ0) is 11.7. The number of rotatable bonds is 5. The van der Waals surface area contributed by atoms with Crippen molar-refractivity contribution in [2.75, 3.05) is 0 Å². The van der Waals surface area contributed by atoms with Crippen molar-refractivity contribution in [3.8, 4) is 0 Å². The van der Waals surface area contributed by atoms with Gasteiger partial charge >= 0.3 is 5.97 Å². The van der Waals surface area contributed by atoms with Crippen LogP contribution in [-0.4, -0.2) is 31.3 Å². The molecule has 2 rings (SSSR count). The number of hydrogen-bond donors (Lipinski definition) is 1. The van der Waals surface area contributed by atoms with E-state index in [4.69, 9.17) is 5.11 Å². The number of aliphatic carboxylic acids is 1. The van der Waals surface area contributed by atoms with Gasteiger partial charge in [0.2, 0.25) is 0 Å².